The molecule has 3 N–H and O–H groups in total. The third-order valence-corrected chi connectivity index (χ3v) is 4.79. The molecule has 0 aliphatic rings. The number of halogens is 1. The van der Waals surface area contributed by atoms with E-state index in [4.69, 9.17) is 22.1 Å². The van der Waals surface area contributed by atoms with Crippen molar-refractivity contribution in [3.8, 4) is 5.75 Å². The fourth-order valence-corrected chi connectivity index (χ4v) is 2.84. The van der Waals surface area contributed by atoms with Crippen LogP contribution in [-0.4, -0.2) is 22.4 Å². The molecular weight excluding hydrogens is 350 g/mol. The van der Waals surface area contributed by atoms with Crippen molar-refractivity contribution in [3.63, 3.8) is 0 Å². The van der Waals surface area contributed by atoms with Gasteiger partial charge in [-0.2, -0.15) is 0 Å². The number of aromatic nitrogens is 1. The number of esters is 1. The number of nitrogens with zero attached hydrogens (tertiary/aromatic N) is 1. The Labute approximate surface area is 149 Å². The molecule has 2 rings (SSSR count). The van der Waals surface area contributed by atoms with Gasteiger partial charge in [-0.3, -0.25) is 10.1 Å². The van der Waals surface area contributed by atoms with E-state index in [1.807, 2.05) is 6.92 Å². The molecule has 0 radical (unpaired) electrons. The molecule has 0 bridgehead atoms. The molecule has 8 heteroatoms. The topological polar surface area (TPSA) is 94.3 Å². The Hall–Kier alpha value is -1.96. The van der Waals surface area contributed by atoms with Gasteiger partial charge in [-0.15, -0.1) is 0 Å². The minimum atomic E-state index is -1.84. The summed E-state index contributed by atoms with van der Waals surface area (Å²) in [6.45, 7) is 3.57. The van der Waals surface area contributed by atoms with Gasteiger partial charge in [-0.1, -0.05) is 61.4 Å². The Kier molecular flexibility index (Phi) is 5.93. The maximum Gasteiger partial charge on any atom is 0.341 e. The molecule has 1 amide bonds. The fraction of sp³-hybridized carbons (Fsp3) is 0.312. The van der Waals surface area contributed by atoms with E-state index >= 15 is 0 Å². The van der Waals surface area contributed by atoms with Gasteiger partial charge in [0.1, 0.15) is 10.1 Å². The van der Waals surface area contributed by atoms with Gasteiger partial charge >= 0.3 is 5.97 Å². The first kappa shape index (κ1) is 18.4. The molecule has 24 heavy (non-hydrogen) atoms. The van der Waals surface area contributed by atoms with Gasteiger partial charge in [0.25, 0.3) is 5.91 Å². The lowest BCUT2D eigenvalue weighted by atomic mass is 9.83. The number of carbonyl (C=O) groups excluding carboxylic acids is 2. The zero-order valence-corrected chi connectivity index (χ0v) is 14.9. The number of nitrogens with one attached hydrogen (secondary N) is 1. The van der Waals surface area contributed by atoms with E-state index in [0.717, 1.165) is 11.3 Å². The molecule has 6 nitrogen and oxygen atoms in total. The summed E-state index contributed by atoms with van der Waals surface area (Å²) < 4.78 is 5.72. The molecule has 0 aliphatic carbocycles. The molecule has 0 fully saturated rings. The maximum absolute atomic E-state index is 12.7. The van der Waals surface area contributed by atoms with Gasteiger partial charge in [0.2, 0.25) is 0 Å². The third-order valence-electron chi connectivity index (χ3n) is 3.75. The van der Waals surface area contributed by atoms with E-state index in [1.54, 1.807) is 37.3 Å². The van der Waals surface area contributed by atoms with E-state index in [-0.39, 0.29) is 5.13 Å². The predicted molar refractivity (Wildman–Crippen MR) is 94.2 cm³/mol. The van der Waals surface area contributed by atoms with Crippen LogP contribution in [0.4, 0.5) is 5.13 Å². The normalized spacial score (nSPS) is 14.5. The summed E-state index contributed by atoms with van der Waals surface area (Å²) in [5, 5.41) is 2.82. The van der Waals surface area contributed by atoms with E-state index in [1.165, 1.54) is 6.20 Å². The van der Waals surface area contributed by atoms with Crippen LogP contribution in [-0.2, 0) is 9.59 Å². The summed E-state index contributed by atoms with van der Waals surface area (Å²) in [5.74, 6) is -1.61. The maximum atomic E-state index is 12.7. The number of benzene rings is 1. The lowest BCUT2D eigenvalue weighted by Gasteiger charge is -2.30. The molecule has 1 aromatic carbocycles. The van der Waals surface area contributed by atoms with Gasteiger partial charge in [0.05, 0.1) is 6.20 Å². The Morgan fingerprint density at radius 3 is 2.62 bits per heavy atom. The molecule has 0 saturated heterocycles. The van der Waals surface area contributed by atoms with E-state index < -0.39 is 23.3 Å². The third kappa shape index (κ3) is 3.92. The summed E-state index contributed by atoms with van der Waals surface area (Å²) in [6.07, 6.45) is 1.93. The highest BCUT2D eigenvalue weighted by Gasteiger charge is 2.48. The van der Waals surface area contributed by atoms with Crippen LogP contribution in [0.25, 0.3) is 0 Å². The van der Waals surface area contributed by atoms with Gasteiger partial charge in [0, 0.05) is 0 Å². The largest absolute Gasteiger partial charge is 0.425 e. The summed E-state index contributed by atoms with van der Waals surface area (Å²) in [4.78, 5) is 29.2. The van der Waals surface area contributed by atoms with Crippen molar-refractivity contribution in [2.24, 2.45) is 11.7 Å². The van der Waals surface area contributed by atoms with Crippen LogP contribution in [0.5, 0.6) is 5.75 Å². The second-order valence-corrected chi connectivity index (χ2v) is 6.97. The summed E-state index contributed by atoms with van der Waals surface area (Å²) in [5.41, 5.74) is 4.35. The quantitative estimate of drug-likeness (QED) is 0.465. The minimum absolute atomic E-state index is 0.274. The minimum Gasteiger partial charge on any atom is -0.425 e. The number of thiazole rings is 1. The van der Waals surface area contributed by atoms with Gasteiger partial charge in [-0.25, -0.2) is 9.78 Å². The number of amides is 1. The van der Waals surface area contributed by atoms with E-state index in [2.05, 4.69) is 10.3 Å². The highest BCUT2D eigenvalue weighted by atomic mass is 35.5. The Bertz CT molecular complexity index is 722. The van der Waals surface area contributed by atoms with Crippen molar-refractivity contribution >= 4 is 39.9 Å². The summed E-state index contributed by atoms with van der Waals surface area (Å²) >= 11 is 6.88. The molecular formula is C16H18ClN3O3S. The first-order chi connectivity index (χ1) is 11.4. The molecule has 0 saturated carbocycles. The van der Waals surface area contributed by atoms with Crippen molar-refractivity contribution < 1.29 is 14.3 Å². The van der Waals surface area contributed by atoms with Crippen LogP contribution in [0.15, 0.2) is 36.5 Å². The average molecular weight is 368 g/mol. The molecule has 128 valence electrons. The van der Waals surface area contributed by atoms with Crippen molar-refractivity contribution in [2.45, 2.75) is 25.8 Å². The molecule has 2 atom stereocenters. The lowest BCUT2D eigenvalue weighted by molar-refractivity contribution is -0.147. The smallest absolute Gasteiger partial charge is 0.341 e. The zero-order valence-electron chi connectivity index (χ0n) is 13.3. The Balaban J connectivity index is 2.24. The Morgan fingerprint density at radius 1 is 1.42 bits per heavy atom. The van der Waals surface area contributed by atoms with E-state index in [9.17, 15) is 9.59 Å². The molecule has 0 spiro atoms. The number of rotatable bonds is 6. The second kappa shape index (κ2) is 7.74. The van der Waals surface area contributed by atoms with Crippen LogP contribution in [0, 0.1) is 5.92 Å². The number of anilines is 1. The lowest BCUT2D eigenvalue weighted by Crippen LogP contribution is -2.63. The fourth-order valence-electron chi connectivity index (χ4n) is 2.03. The number of nitrogens with two attached hydrogens (primary N) is 1. The number of carbonyl (C=O) groups is 2. The Morgan fingerprint density at radius 2 is 2.08 bits per heavy atom. The van der Waals surface area contributed by atoms with Crippen LogP contribution in [0.2, 0.25) is 4.34 Å². The molecule has 0 unspecified atom stereocenters. The van der Waals surface area contributed by atoms with Crippen LogP contribution in [0.1, 0.15) is 20.3 Å². The number of hydrogen-bond donors (Lipinski definition) is 2. The number of hydrogen-bond acceptors (Lipinski definition) is 6. The second-order valence-electron chi connectivity index (χ2n) is 5.30. The SMILES string of the molecule is CC[C@H](C)[C@](N)(C(=O)Nc1ncc(Cl)s1)C(=O)Oc1ccccc1. The molecule has 1 aromatic heterocycles. The first-order valence-electron chi connectivity index (χ1n) is 7.36. The highest BCUT2D eigenvalue weighted by molar-refractivity contribution is 7.19. The van der Waals surface area contributed by atoms with Gasteiger partial charge < -0.3 is 10.5 Å². The highest BCUT2D eigenvalue weighted by Crippen LogP contribution is 2.26. The number of para-hydroxylation sites is 1. The van der Waals surface area contributed by atoms with Gasteiger partial charge in [-0.05, 0) is 18.1 Å². The zero-order chi connectivity index (χ0) is 17.7. The van der Waals surface area contributed by atoms with Crippen LogP contribution in [0.3, 0.4) is 0 Å². The summed E-state index contributed by atoms with van der Waals surface area (Å²) in [7, 11) is 0. The molecule has 1 heterocycles. The molecule has 0 aliphatic heterocycles. The predicted octanol–water partition coefficient (Wildman–Crippen LogP) is 3.08. The van der Waals surface area contributed by atoms with E-state index in [0.29, 0.717) is 16.5 Å². The molecule has 2 aromatic rings. The standard InChI is InChI=1S/C16H18ClN3O3S/c1-3-10(2)16(18,13(21)20-15-19-9-12(17)24-15)14(22)23-11-7-5-4-6-8-11/h4-10H,3,18H2,1-2H3,(H,19,20,21)/t10-,16-/m0/s1. The van der Waals surface area contributed by atoms with Crippen molar-refractivity contribution in [1.29, 1.82) is 0 Å². The number of ether oxygens (including phenoxy) is 1. The monoisotopic (exact) mass is 367 g/mol. The first-order valence-corrected chi connectivity index (χ1v) is 8.56. The van der Waals surface area contributed by atoms with Crippen molar-refractivity contribution in [3.05, 3.63) is 40.9 Å². The van der Waals surface area contributed by atoms with Gasteiger partial charge in [0.15, 0.2) is 10.7 Å². The average Bonchev–Trinajstić information content (AvgIpc) is 2.98. The van der Waals surface area contributed by atoms with Crippen molar-refractivity contribution in [2.75, 3.05) is 5.32 Å². The van der Waals surface area contributed by atoms with Crippen LogP contribution >= 0.6 is 22.9 Å². The van der Waals surface area contributed by atoms with Crippen LogP contribution < -0.4 is 15.8 Å². The van der Waals surface area contributed by atoms with Crippen molar-refractivity contribution in [1.82, 2.24) is 4.98 Å². The summed E-state index contributed by atoms with van der Waals surface area (Å²) in [6, 6.07) is 8.48.